The van der Waals surface area contributed by atoms with Crippen LogP contribution in [0, 0.1) is 13.8 Å². The zero-order chi connectivity index (χ0) is 22.5. The summed E-state index contributed by atoms with van der Waals surface area (Å²) in [6.07, 6.45) is 2.83. The van der Waals surface area contributed by atoms with Crippen LogP contribution in [0.2, 0.25) is 0 Å². The highest BCUT2D eigenvalue weighted by Gasteiger charge is 2.19. The molecule has 0 aliphatic carbocycles. The van der Waals surface area contributed by atoms with Crippen LogP contribution in [0.1, 0.15) is 45.7 Å². The van der Waals surface area contributed by atoms with Crippen molar-refractivity contribution < 1.29 is 14.1 Å². The van der Waals surface area contributed by atoms with Crippen LogP contribution in [-0.4, -0.2) is 33.0 Å². The van der Waals surface area contributed by atoms with Crippen LogP contribution in [0.25, 0.3) is 11.0 Å². The fourth-order valence-corrected chi connectivity index (χ4v) is 3.95. The van der Waals surface area contributed by atoms with Crippen molar-refractivity contribution in [1.29, 1.82) is 0 Å². The van der Waals surface area contributed by atoms with E-state index in [1.807, 2.05) is 50.2 Å². The number of H-pyrrole nitrogens is 1. The monoisotopic (exact) mass is 450 g/mol. The second kappa shape index (κ2) is 9.91. The number of thioether (sulfide) groups is 1. The number of hydrogen-bond acceptors (Lipinski definition) is 6. The third-order valence-electron chi connectivity index (χ3n) is 5.31. The summed E-state index contributed by atoms with van der Waals surface area (Å²) in [6.45, 7) is 4.07. The van der Waals surface area contributed by atoms with Crippen molar-refractivity contribution in [2.75, 3.05) is 12.0 Å². The minimum Gasteiger partial charge on any atom is -0.489 e. The summed E-state index contributed by atoms with van der Waals surface area (Å²) in [4.78, 5) is 21.1. The van der Waals surface area contributed by atoms with Crippen LogP contribution < -0.4 is 10.1 Å². The van der Waals surface area contributed by atoms with E-state index < -0.39 is 0 Å². The van der Waals surface area contributed by atoms with Crippen LogP contribution in [0.5, 0.6) is 5.75 Å². The Morgan fingerprint density at radius 1 is 1.22 bits per heavy atom. The summed E-state index contributed by atoms with van der Waals surface area (Å²) in [5.74, 6) is 2.85. The lowest BCUT2D eigenvalue weighted by molar-refractivity contribution is 0.0933. The number of hydrogen-bond donors (Lipinski definition) is 2. The number of imidazole rings is 1. The molecule has 8 heteroatoms. The zero-order valence-corrected chi connectivity index (χ0v) is 19.2. The molecule has 0 fully saturated rings. The van der Waals surface area contributed by atoms with E-state index in [-0.39, 0.29) is 11.9 Å². The first-order valence-corrected chi connectivity index (χ1v) is 11.8. The molecule has 2 aromatic heterocycles. The predicted octanol–water partition coefficient (Wildman–Crippen LogP) is 4.97. The van der Waals surface area contributed by atoms with Crippen LogP contribution >= 0.6 is 11.8 Å². The van der Waals surface area contributed by atoms with Gasteiger partial charge in [-0.25, -0.2) is 4.98 Å². The summed E-state index contributed by atoms with van der Waals surface area (Å²) in [5, 5.41) is 7.08. The number of nitrogens with zero attached hydrogens (tertiary/aromatic N) is 2. The average molecular weight is 451 g/mol. The molecule has 4 rings (SSSR count). The minimum absolute atomic E-state index is 0.167. The summed E-state index contributed by atoms with van der Waals surface area (Å²) in [6, 6.07) is 14.8. The van der Waals surface area contributed by atoms with Gasteiger partial charge in [-0.05, 0) is 62.6 Å². The third-order valence-corrected chi connectivity index (χ3v) is 5.96. The summed E-state index contributed by atoms with van der Waals surface area (Å²) in [7, 11) is 0. The van der Waals surface area contributed by atoms with Gasteiger partial charge in [0.25, 0.3) is 5.91 Å². The molecule has 0 aliphatic rings. The van der Waals surface area contributed by atoms with Gasteiger partial charge in [0.05, 0.1) is 28.3 Å². The lowest BCUT2D eigenvalue weighted by Crippen LogP contribution is -2.29. The van der Waals surface area contributed by atoms with Crippen molar-refractivity contribution in [3.05, 3.63) is 76.9 Å². The number of nitrogens with one attached hydrogen (secondary N) is 2. The molecule has 0 saturated heterocycles. The molecular formula is C24H26N4O3S. The number of rotatable bonds is 9. The molecular weight excluding hydrogens is 424 g/mol. The molecule has 0 spiro atoms. The summed E-state index contributed by atoms with van der Waals surface area (Å²) in [5.41, 5.74) is 4.11. The highest BCUT2D eigenvalue weighted by molar-refractivity contribution is 7.98. The van der Waals surface area contributed by atoms with Crippen LogP contribution in [0.15, 0.2) is 53.1 Å². The van der Waals surface area contributed by atoms with Crippen LogP contribution in [-0.2, 0) is 6.61 Å². The van der Waals surface area contributed by atoms with E-state index in [0.717, 1.165) is 46.0 Å². The molecule has 1 amide bonds. The van der Waals surface area contributed by atoms with Crippen molar-refractivity contribution >= 4 is 28.7 Å². The van der Waals surface area contributed by atoms with Gasteiger partial charge in [0, 0.05) is 5.56 Å². The SMILES string of the molecule is CSCCC(NC(=O)c1cccc(OCc2c(C)noc2C)c1)c1nc2ccccc2[nH]1. The maximum Gasteiger partial charge on any atom is 0.252 e. The molecule has 2 N–H and O–H groups in total. The van der Waals surface area contributed by atoms with Crippen molar-refractivity contribution in [3.8, 4) is 5.75 Å². The topological polar surface area (TPSA) is 93.0 Å². The summed E-state index contributed by atoms with van der Waals surface area (Å²) < 4.78 is 11.1. The normalized spacial score (nSPS) is 12.1. The summed E-state index contributed by atoms with van der Waals surface area (Å²) >= 11 is 1.74. The molecule has 0 saturated carbocycles. The van der Waals surface area contributed by atoms with E-state index in [2.05, 4.69) is 26.7 Å². The van der Waals surface area contributed by atoms with Crippen molar-refractivity contribution in [2.45, 2.75) is 32.9 Å². The molecule has 1 unspecified atom stereocenters. The number of fused-ring (bicyclic) bond motifs is 1. The first kappa shape index (κ1) is 22.0. The molecule has 0 aliphatic heterocycles. The molecule has 0 radical (unpaired) electrons. The largest absolute Gasteiger partial charge is 0.489 e. The number of amides is 1. The van der Waals surface area contributed by atoms with Gasteiger partial charge >= 0.3 is 0 Å². The Hall–Kier alpha value is -3.26. The van der Waals surface area contributed by atoms with E-state index in [0.29, 0.717) is 17.9 Å². The Morgan fingerprint density at radius 3 is 2.81 bits per heavy atom. The molecule has 32 heavy (non-hydrogen) atoms. The van der Waals surface area contributed by atoms with E-state index in [1.165, 1.54) is 0 Å². The molecule has 7 nitrogen and oxygen atoms in total. The van der Waals surface area contributed by atoms with Crippen LogP contribution in [0.3, 0.4) is 0 Å². The van der Waals surface area contributed by atoms with E-state index >= 15 is 0 Å². The maximum atomic E-state index is 13.1. The minimum atomic E-state index is -0.214. The molecule has 166 valence electrons. The number of carbonyl (C=O) groups is 1. The predicted molar refractivity (Wildman–Crippen MR) is 126 cm³/mol. The van der Waals surface area contributed by atoms with Crippen LogP contribution in [0.4, 0.5) is 0 Å². The lowest BCUT2D eigenvalue weighted by atomic mass is 10.1. The van der Waals surface area contributed by atoms with E-state index in [9.17, 15) is 4.79 Å². The number of aromatic nitrogens is 3. The zero-order valence-electron chi connectivity index (χ0n) is 18.3. The Labute approximate surface area is 190 Å². The average Bonchev–Trinajstić information content (AvgIpc) is 3.38. The Kier molecular flexibility index (Phi) is 6.80. The molecule has 4 aromatic rings. The van der Waals surface area contributed by atoms with E-state index in [1.54, 1.807) is 23.9 Å². The van der Waals surface area contributed by atoms with Gasteiger partial charge in [0.2, 0.25) is 0 Å². The van der Waals surface area contributed by atoms with Gasteiger partial charge in [-0.3, -0.25) is 4.79 Å². The first-order valence-electron chi connectivity index (χ1n) is 10.4. The number of aryl methyl sites for hydroxylation is 2. The fourth-order valence-electron chi connectivity index (χ4n) is 3.48. The highest BCUT2D eigenvalue weighted by atomic mass is 32.2. The van der Waals surface area contributed by atoms with E-state index in [4.69, 9.17) is 9.26 Å². The van der Waals surface area contributed by atoms with Gasteiger partial charge in [0.15, 0.2) is 0 Å². The van der Waals surface area contributed by atoms with Gasteiger partial charge in [0.1, 0.15) is 23.9 Å². The van der Waals surface area contributed by atoms with Gasteiger partial charge in [-0.1, -0.05) is 23.4 Å². The Bertz CT molecular complexity index is 1160. The lowest BCUT2D eigenvalue weighted by Gasteiger charge is -2.17. The molecule has 2 aromatic carbocycles. The third kappa shape index (κ3) is 4.96. The van der Waals surface area contributed by atoms with Crippen molar-refractivity contribution in [2.24, 2.45) is 0 Å². The molecule has 2 heterocycles. The van der Waals surface area contributed by atoms with Crippen molar-refractivity contribution in [1.82, 2.24) is 20.4 Å². The smallest absolute Gasteiger partial charge is 0.252 e. The number of carbonyl (C=O) groups excluding carboxylic acids is 1. The van der Waals surface area contributed by atoms with Gasteiger partial charge in [-0.15, -0.1) is 0 Å². The van der Waals surface area contributed by atoms with Crippen molar-refractivity contribution in [3.63, 3.8) is 0 Å². The second-order valence-electron chi connectivity index (χ2n) is 7.57. The first-order chi connectivity index (χ1) is 15.5. The van der Waals surface area contributed by atoms with Gasteiger partial charge < -0.3 is 19.6 Å². The molecule has 1 atom stereocenters. The van der Waals surface area contributed by atoms with Gasteiger partial charge in [-0.2, -0.15) is 11.8 Å². The Balaban J connectivity index is 1.48. The highest BCUT2D eigenvalue weighted by Crippen LogP contribution is 2.22. The fraction of sp³-hybridized carbons (Fsp3) is 0.292. The number of benzene rings is 2. The standard InChI is InChI=1S/C24H26N4O3S/c1-15-19(16(2)31-28-15)14-30-18-8-6-7-17(13-18)24(29)27-22(11-12-32-3)23-25-20-9-4-5-10-21(20)26-23/h4-10,13,22H,11-12,14H2,1-3H3,(H,25,26)(H,27,29). The number of aromatic amines is 1. The molecule has 0 bridgehead atoms. The Morgan fingerprint density at radius 2 is 2.06 bits per heavy atom. The second-order valence-corrected chi connectivity index (χ2v) is 8.55. The number of ether oxygens (including phenoxy) is 1. The maximum absolute atomic E-state index is 13.1. The number of para-hydroxylation sites is 2. The quantitative estimate of drug-likeness (QED) is 0.374.